The van der Waals surface area contributed by atoms with Gasteiger partial charge in [-0.05, 0) is 55.3 Å². The van der Waals surface area contributed by atoms with Crippen LogP contribution in [0.3, 0.4) is 0 Å². The maximum atomic E-state index is 14.8. The van der Waals surface area contributed by atoms with Gasteiger partial charge >= 0.3 is 5.97 Å². The van der Waals surface area contributed by atoms with E-state index < -0.39 is 12.1 Å². The molecule has 0 radical (unpaired) electrons. The SMILES string of the molecule is N#Cc1ccc(Oc2ccc(F)c3c2CCC3Oc2ccc3c(c2)OCC3CC(=O)O)cc1. The Labute approximate surface area is 189 Å². The van der Waals surface area contributed by atoms with Gasteiger partial charge < -0.3 is 19.3 Å². The van der Waals surface area contributed by atoms with Crippen LogP contribution in [-0.4, -0.2) is 17.7 Å². The summed E-state index contributed by atoms with van der Waals surface area (Å²) in [5.74, 6) is 0.885. The first kappa shape index (κ1) is 20.8. The van der Waals surface area contributed by atoms with Crippen molar-refractivity contribution in [3.8, 4) is 29.1 Å². The van der Waals surface area contributed by atoms with Crippen molar-refractivity contribution in [1.82, 2.24) is 0 Å². The highest BCUT2D eigenvalue weighted by atomic mass is 19.1. The number of carboxylic acid groups (broad SMARTS) is 1. The largest absolute Gasteiger partial charge is 0.492 e. The summed E-state index contributed by atoms with van der Waals surface area (Å²) in [6.45, 7) is 0.321. The van der Waals surface area contributed by atoms with E-state index in [9.17, 15) is 9.18 Å². The predicted octanol–water partition coefficient (Wildman–Crippen LogP) is 5.51. The van der Waals surface area contributed by atoms with Gasteiger partial charge in [0.25, 0.3) is 0 Å². The van der Waals surface area contributed by atoms with Gasteiger partial charge in [0, 0.05) is 28.7 Å². The lowest BCUT2D eigenvalue weighted by molar-refractivity contribution is -0.137. The zero-order valence-electron chi connectivity index (χ0n) is 17.6. The van der Waals surface area contributed by atoms with Gasteiger partial charge in [0.05, 0.1) is 24.7 Å². The number of nitriles is 1. The van der Waals surface area contributed by atoms with Gasteiger partial charge in [-0.25, -0.2) is 4.39 Å². The summed E-state index contributed by atoms with van der Waals surface area (Å²) in [4.78, 5) is 11.0. The minimum Gasteiger partial charge on any atom is -0.492 e. The van der Waals surface area contributed by atoms with Crippen LogP contribution in [0, 0.1) is 17.1 Å². The minimum atomic E-state index is -0.867. The van der Waals surface area contributed by atoms with Crippen molar-refractivity contribution in [2.45, 2.75) is 31.3 Å². The highest BCUT2D eigenvalue weighted by Gasteiger charge is 2.32. The van der Waals surface area contributed by atoms with Crippen LogP contribution < -0.4 is 14.2 Å². The van der Waals surface area contributed by atoms with Gasteiger partial charge in [-0.3, -0.25) is 4.79 Å². The van der Waals surface area contributed by atoms with Crippen molar-refractivity contribution >= 4 is 5.97 Å². The average Bonchev–Trinajstić information content (AvgIpc) is 3.41. The molecule has 1 aliphatic heterocycles. The molecule has 2 atom stereocenters. The van der Waals surface area contributed by atoms with Gasteiger partial charge in [0.15, 0.2) is 0 Å². The normalized spacial score (nSPS) is 18.1. The fraction of sp³-hybridized carbons (Fsp3) is 0.231. The highest BCUT2D eigenvalue weighted by molar-refractivity contribution is 5.68. The molecule has 3 aromatic carbocycles. The van der Waals surface area contributed by atoms with Crippen molar-refractivity contribution in [2.75, 3.05) is 6.61 Å². The molecule has 1 aliphatic carbocycles. The molecule has 33 heavy (non-hydrogen) atoms. The van der Waals surface area contributed by atoms with Gasteiger partial charge in [0.2, 0.25) is 0 Å². The Balaban J connectivity index is 1.36. The number of hydrogen-bond donors (Lipinski definition) is 1. The summed E-state index contributed by atoms with van der Waals surface area (Å²) in [5.41, 5.74) is 2.63. The molecule has 0 saturated heterocycles. The minimum absolute atomic E-state index is 0.0103. The van der Waals surface area contributed by atoms with Crippen molar-refractivity contribution in [3.05, 3.63) is 82.7 Å². The summed E-state index contributed by atoms with van der Waals surface area (Å²) in [5, 5.41) is 18.0. The summed E-state index contributed by atoms with van der Waals surface area (Å²) >= 11 is 0. The molecule has 0 bridgehead atoms. The third kappa shape index (κ3) is 4.08. The maximum Gasteiger partial charge on any atom is 0.304 e. The van der Waals surface area contributed by atoms with Crippen molar-refractivity contribution in [2.24, 2.45) is 0 Å². The Morgan fingerprint density at radius 3 is 2.70 bits per heavy atom. The number of carboxylic acids is 1. The molecular formula is C26H20FNO5. The third-order valence-electron chi connectivity index (χ3n) is 6.01. The summed E-state index contributed by atoms with van der Waals surface area (Å²) < 4.78 is 32.6. The number of fused-ring (bicyclic) bond motifs is 2. The zero-order valence-corrected chi connectivity index (χ0v) is 17.6. The fourth-order valence-corrected chi connectivity index (χ4v) is 4.45. The lowest BCUT2D eigenvalue weighted by Crippen LogP contribution is -2.07. The molecule has 0 aromatic heterocycles. The Bertz CT molecular complexity index is 1260. The number of nitrogens with zero attached hydrogens (tertiary/aromatic N) is 1. The molecule has 166 valence electrons. The van der Waals surface area contributed by atoms with Crippen LogP contribution in [0.4, 0.5) is 4.39 Å². The van der Waals surface area contributed by atoms with Crippen LogP contribution >= 0.6 is 0 Å². The van der Waals surface area contributed by atoms with Crippen LogP contribution in [0.25, 0.3) is 0 Å². The lowest BCUT2D eigenvalue weighted by Gasteiger charge is -2.17. The second-order valence-electron chi connectivity index (χ2n) is 8.13. The molecule has 5 rings (SSSR count). The van der Waals surface area contributed by atoms with E-state index in [2.05, 4.69) is 6.07 Å². The lowest BCUT2D eigenvalue weighted by atomic mass is 9.98. The predicted molar refractivity (Wildman–Crippen MR) is 116 cm³/mol. The molecule has 6 nitrogen and oxygen atoms in total. The van der Waals surface area contributed by atoms with E-state index in [1.165, 1.54) is 6.07 Å². The summed E-state index contributed by atoms with van der Waals surface area (Å²) in [7, 11) is 0. The van der Waals surface area contributed by atoms with Crippen molar-refractivity contribution in [3.63, 3.8) is 0 Å². The highest BCUT2D eigenvalue weighted by Crippen LogP contribution is 2.44. The number of hydrogen-bond acceptors (Lipinski definition) is 5. The zero-order chi connectivity index (χ0) is 22.9. The number of aliphatic carboxylic acids is 1. The first-order chi connectivity index (χ1) is 16.0. The molecular weight excluding hydrogens is 425 g/mol. The molecule has 0 saturated carbocycles. The molecule has 1 N–H and O–H groups in total. The number of carbonyl (C=O) groups is 1. The van der Waals surface area contributed by atoms with E-state index in [-0.39, 0.29) is 18.2 Å². The number of halogens is 1. The van der Waals surface area contributed by atoms with E-state index in [1.54, 1.807) is 42.5 Å². The Morgan fingerprint density at radius 1 is 1.15 bits per heavy atom. The summed E-state index contributed by atoms with van der Waals surface area (Å²) in [6, 6.07) is 17.1. The van der Waals surface area contributed by atoms with Crippen LogP contribution in [0.1, 0.15) is 47.1 Å². The Kier molecular flexibility index (Phi) is 5.35. The quantitative estimate of drug-likeness (QED) is 0.538. The van der Waals surface area contributed by atoms with Gasteiger partial charge in [0.1, 0.15) is 34.9 Å². The van der Waals surface area contributed by atoms with E-state index in [0.717, 1.165) is 11.1 Å². The Morgan fingerprint density at radius 2 is 1.94 bits per heavy atom. The third-order valence-corrected chi connectivity index (χ3v) is 6.01. The van der Waals surface area contributed by atoms with E-state index in [4.69, 9.17) is 24.6 Å². The van der Waals surface area contributed by atoms with Crippen LogP contribution in [-0.2, 0) is 11.2 Å². The topological polar surface area (TPSA) is 88.8 Å². The molecule has 2 aliphatic rings. The molecule has 2 unspecified atom stereocenters. The van der Waals surface area contributed by atoms with E-state index in [0.29, 0.717) is 53.6 Å². The summed E-state index contributed by atoms with van der Waals surface area (Å²) in [6.07, 6.45) is 0.736. The molecule has 1 heterocycles. The van der Waals surface area contributed by atoms with Crippen molar-refractivity contribution < 1.29 is 28.5 Å². The van der Waals surface area contributed by atoms with Crippen LogP contribution in [0.5, 0.6) is 23.0 Å². The van der Waals surface area contributed by atoms with E-state index in [1.807, 2.05) is 6.07 Å². The molecule has 0 amide bonds. The second-order valence-corrected chi connectivity index (χ2v) is 8.13. The van der Waals surface area contributed by atoms with Crippen LogP contribution in [0.2, 0.25) is 0 Å². The van der Waals surface area contributed by atoms with Crippen LogP contribution in [0.15, 0.2) is 54.6 Å². The van der Waals surface area contributed by atoms with Gasteiger partial charge in [-0.2, -0.15) is 5.26 Å². The van der Waals surface area contributed by atoms with Gasteiger partial charge in [-0.1, -0.05) is 6.07 Å². The second kappa shape index (κ2) is 8.47. The standard InChI is InChI=1S/C26H20FNO5/c27-21-8-10-22(32-17-3-1-15(13-28)2-4-17)20-7-9-23(26(20)21)33-18-5-6-19-16(11-25(29)30)14-31-24(19)12-18/h1-6,8,10,12,16,23H,7,9,11,14H2,(H,29,30). The first-order valence-corrected chi connectivity index (χ1v) is 10.7. The molecule has 3 aromatic rings. The smallest absolute Gasteiger partial charge is 0.304 e. The number of rotatable bonds is 6. The maximum absolute atomic E-state index is 14.8. The monoisotopic (exact) mass is 445 g/mol. The van der Waals surface area contributed by atoms with Crippen molar-refractivity contribution in [1.29, 1.82) is 5.26 Å². The Hall–Kier alpha value is -4.05. The fourth-order valence-electron chi connectivity index (χ4n) is 4.45. The first-order valence-electron chi connectivity index (χ1n) is 10.7. The van der Waals surface area contributed by atoms with E-state index >= 15 is 0 Å². The molecule has 0 fully saturated rings. The average molecular weight is 445 g/mol. The number of ether oxygens (including phenoxy) is 3. The molecule has 7 heteroatoms. The number of benzene rings is 3. The molecule has 0 spiro atoms. The van der Waals surface area contributed by atoms with Gasteiger partial charge in [-0.15, -0.1) is 0 Å².